The van der Waals surface area contributed by atoms with Gasteiger partial charge in [-0.05, 0) is 43.2 Å². The SMILES string of the molecule is c1ccc(OC2CC3CC3C2)cc1. The molecule has 2 atom stereocenters. The van der Waals surface area contributed by atoms with Crippen molar-refractivity contribution in [2.75, 3.05) is 0 Å². The van der Waals surface area contributed by atoms with E-state index < -0.39 is 0 Å². The lowest BCUT2D eigenvalue weighted by atomic mass is 10.2. The van der Waals surface area contributed by atoms with E-state index >= 15 is 0 Å². The van der Waals surface area contributed by atoms with Crippen molar-refractivity contribution in [1.29, 1.82) is 0 Å². The van der Waals surface area contributed by atoms with Crippen LogP contribution in [0.25, 0.3) is 0 Å². The first-order valence-electron chi connectivity index (χ1n) is 5.13. The number of hydrogen-bond donors (Lipinski definition) is 0. The average molecular weight is 174 g/mol. The zero-order valence-corrected chi connectivity index (χ0v) is 7.65. The molecule has 1 nitrogen and oxygen atoms in total. The molecule has 0 saturated heterocycles. The Morgan fingerprint density at radius 2 is 1.62 bits per heavy atom. The Labute approximate surface area is 78.7 Å². The minimum Gasteiger partial charge on any atom is -0.490 e. The summed E-state index contributed by atoms with van der Waals surface area (Å²) >= 11 is 0. The van der Waals surface area contributed by atoms with Crippen LogP contribution in [0.2, 0.25) is 0 Å². The van der Waals surface area contributed by atoms with Gasteiger partial charge in [0.2, 0.25) is 0 Å². The van der Waals surface area contributed by atoms with Gasteiger partial charge in [-0.1, -0.05) is 18.2 Å². The van der Waals surface area contributed by atoms with Gasteiger partial charge in [0.25, 0.3) is 0 Å². The second-order valence-corrected chi connectivity index (χ2v) is 4.28. The van der Waals surface area contributed by atoms with Crippen molar-refractivity contribution in [3.8, 4) is 5.75 Å². The maximum absolute atomic E-state index is 5.88. The zero-order valence-electron chi connectivity index (χ0n) is 7.65. The van der Waals surface area contributed by atoms with E-state index in [0.717, 1.165) is 17.6 Å². The highest BCUT2D eigenvalue weighted by Crippen LogP contribution is 2.52. The molecule has 0 aromatic heterocycles. The van der Waals surface area contributed by atoms with Crippen molar-refractivity contribution in [3.05, 3.63) is 30.3 Å². The molecular formula is C12H14O. The van der Waals surface area contributed by atoms with Crippen LogP contribution in [0.3, 0.4) is 0 Å². The number of benzene rings is 1. The smallest absolute Gasteiger partial charge is 0.119 e. The molecular weight excluding hydrogens is 160 g/mol. The molecule has 1 aromatic rings. The van der Waals surface area contributed by atoms with Gasteiger partial charge >= 0.3 is 0 Å². The van der Waals surface area contributed by atoms with Crippen molar-refractivity contribution in [1.82, 2.24) is 0 Å². The van der Waals surface area contributed by atoms with Gasteiger partial charge in [-0.15, -0.1) is 0 Å². The predicted molar refractivity (Wildman–Crippen MR) is 51.7 cm³/mol. The standard InChI is InChI=1S/C12H14O/c1-2-4-11(5-3-1)13-12-7-9-6-10(9)8-12/h1-5,9-10,12H,6-8H2. The fourth-order valence-electron chi connectivity index (χ4n) is 2.45. The first kappa shape index (κ1) is 7.43. The quantitative estimate of drug-likeness (QED) is 0.670. The molecule has 0 spiro atoms. The molecule has 2 aliphatic rings. The molecule has 3 rings (SSSR count). The molecule has 0 heterocycles. The molecule has 1 aromatic carbocycles. The van der Waals surface area contributed by atoms with Crippen molar-refractivity contribution < 1.29 is 4.74 Å². The van der Waals surface area contributed by atoms with Gasteiger partial charge in [0.05, 0.1) is 6.10 Å². The normalized spacial score (nSPS) is 35.5. The van der Waals surface area contributed by atoms with E-state index in [1.165, 1.54) is 19.3 Å². The highest BCUT2D eigenvalue weighted by molar-refractivity contribution is 5.21. The maximum Gasteiger partial charge on any atom is 0.119 e. The van der Waals surface area contributed by atoms with Gasteiger partial charge < -0.3 is 4.74 Å². The monoisotopic (exact) mass is 174 g/mol. The number of ether oxygens (including phenoxy) is 1. The summed E-state index contributed by atoms with van der Waals surface area (Å²) in [5, 5.41) is 0. The van der Waals surface area contributed by atoms with Crippen molar-refractivity contribution in [2.45, 2.75) is 25.4 Å². The fraction of sp³-hybridized carbons (Fsp3) is 0.500. The molecule has 1 heteroatoms. The van der Waals surface area contributed by atoms with E-state index in [2.05, 4.69) is 0 Å². The molecule has 0 bridgehead atoms. The highest BCUT2D eigenvalue weighted by Gasteiger charge is 2.46. The number of fused-ring (bicyclic) bond motifs is 1. The second-order valence-electron chi connectivity index (χ2n) is 4.28. The molecule has 0 aliphatic heterocycles. The Morgan fingerprint density at radius 1 is 0.923 bits per heavy atom. The average Bonchev–Trinajstić information content (AvgIpc) is 2.76. The van der Waals surface area contributed by atoms with Gasteiger partial charge in [-0.25, -0.2) is 0 Å². The third-order valence-corrected chi connectivity index (χ3v) is 3.25. The van der Waals surface area contributed by atoms with Gasteiger partial charge in [0, 0.05) is 0 Å². The van der Waals surface area contributed by atoms with Crippen LogP contribution >= 0.6 is 0 Å². The summed E-state index contributed by atoms with van der Waals surface area (Å²) in [7, 11) is 0. The number of para-hydroxylation sites is 1. The lowest BCUT2D eigenvalue weighted by Gasteiger charge is -2.14. The summed E-state index contributed by atoms with van der Waals surface area (Å²) < 4.78 is 5.88. The Balaban J connectivity index is 1.63. The van der Waals surface area contributed by atoms with Crippen LogP contribution < -0.4 is 4.74 Å². The van der Waals surface area contributed by atoms with E-state index in [1.54, 1.807) is 0 Å². The Bertz CT molecular complexity index is 283. The van der Waals surface area contributed by atoms with Crippen molar-refractivity contribution in [2.24, 2.45) is 11.8 Å². The minimum absolute atomic E-state index is 0.506. The maximum atomic E-state index is 5.88. The van der Waals surface area contributed by atoms with Crippen molar-refractivity contribution in [3.63, 3.8) is 0 Å². The van der Waals surface area contributed by atoms with Crippen LogP contribution in [-0.2, 0) is 0 Å². The first-order chi connectivity index (χ1) is 6.42. The molecule has 0 amide bonds. The lowest BCUT2D eigenvalue weighted by Crippen LogP contribution is -2.13. The van der Waals surface area contributed by atoms with E-state index in [0.29, 0.717) is 6.10 Å². The van der Waals surface area contributed by atoms with Crippen LogP contribution in [0, 0.1) is 11.8 Å². The zero-order chi connectivity index (χ0) is 8.67. The van der Waals surface area contributed by atoms with E-state index in [4.69, 9.17) is 4.74 Å². The lowest BCUT2D eigenvalue weighted by molar-refractivity contribution is 0.194. The van der Waals surface area contributed by atoms with E-state index in [9.17, 15) is 0 Å². The molecule has 0 N–H and O–H groups in total. The molecule has 2 saturated carbocycles. The largest absolute Gasteiger partial charge is 0.490 e. The van der Waals surface area contributed by atoms with Gasteiger partial charge in [0.1, 0.15) is 5.75 Å². The van der Waals surface area contributed by atoms with Crippen LogP contribution in [0.15, 0.2) is 30.3 Å². The van der Waals surface area contributed by atoms with E-state index in [1.807, 2.05) is 30.3 Å². The number of rotatable bonds is 2. The summed E-state index contributed by atoms with van der Waals surface area (Å²) in [6, 6.07) is 10.2. The molecule has 0 radical (unpaired) electrons. The molecule has 68 valence electrons. The highest BCUT2D eigenvalue weighted by atomic mass is 16.5. The van der Waals surface area contributed by atoms with Gasteiger partial charge in [0.15, 0.2) is 0 Å². The third-order valence-electron chi connectivity index (χ3n) is 3.25. The Morgan fingerprint density at radius 3 is 2.31 bits per heavy atom. The van der Waals surface area contributed by atoms with Crippen molar-refractivity contribution >= 4 is 0 Å². The molecule has 2 unspecified atom stereocenters. The minimum atomic E-state index is 0.506. The summed E-state index contributed by atoms with van der Waals surface area (Å²) in [4.78, 5) is 0. The van der Waals surface area contributed by atoms with E-state index in [-0.39, 0.29) is 0 Å². The van der Waals surface area contributed by atoms with Gasteiger partial charge in [-0.2, -0.15) is 0 Å². The molecule has 2 aliphatic carbocycles. The number of hydrogen-bond acceptors (Lipinski definition) is 1. The van der Waals surface area contributed by atoms with Gasteiger partial charge in [-0.3, -0.25) is 0 Å². The predicted octanol–water partition coefficient (Wildman–Crippen LogP) is 2.86. The summed E-state index contributed by atoms with van der Waals surface area (Å²) in [6.07, 6.45) is 4.56. The van der Waals surface area contributed by atoms with Crippen LogP contribution in [0.1, 0.15) is 19.3 Å². The van der Waals surface area contributed by atoms with Crippen LogP contribution in [-0.4, -0.2) is 6.10 Å². The van der Waals surface area contributed by atoms with Crippen LogP contribution in [0.5, 0.6) is 5.75 Å². The molecule has 2 fully saturated rings. The first-order valence-corrected chi connectivity index (χ1v) is 5.13. The second kappa shape index (κ2) is 2.76. The molecule has 13 heavy (non-hydrogen) atoms. The van der Waals surface area contributed by atoms with Crippen LogP contribution in [0.4, 0.5) is 0 Å². The summed E-state index contributed by atoms with van der Waals surface area (Å²) in [6.45, 7) is 0. The Kier molecular flexibility index (Phi) is 1.58. The Hall–Kier alpha value is -0.980. The summed E-state index contributed by atoms with van der Waals surface area (Å²) in [5.41, 5.74) is 0. The summed E-state index contributed by atoms with van der Waals surface area (Å²) in [5.74, 6) is 3.05. The fourth-order valence-corrected chi connectivity index (χ4v) is 2.45. The third kappa shape index (κ3) is 1.43. The topological polar surface area (TPSA) is 9.23 Å².